The minimum absolute atomic E-state index is 0.0556. The van der Waals surface area contributed by atoms with Gasteiger partial charge in [0.05, 0.1) is 22.3 Å². The summed E-state index contributed by atoms with van der Waals surface area (Å²) in [5.74, 6) is -0.0556. The van der Waals surface area contributed by atoms with Gasteiger partial charge in [-0.15, -0.1) is 0 Å². The second-order valence-corrected chi connectivity index (χ2v) is 6.98. The first-order valence-corrected chi connectivity index (χ1v) is 9.00. The number of carbonyl (C=O) groups is 1. The Kier molecular flexibility index (Phi) is 4.38. The SMILES string of the molecule is Cc1noc2nc(-c3cccc(Cl)c3)cc(C(=O)N3CCC[C@H]3CN)c12. The molecule has 3 aromatic rings. The standard InChI is InChI=1S/C19H19ClN4O2/c1-11-17-15(19(25)24-7-3-6-14(24)10-21)9-16(22-18(17)26-23-11)12-4-2-5-13(20)8-12/h2,4-5,8-9,14H,3,6-7,10,21H2,1H3/t14-/m0/s1. The average Bonchev–Trinajstić information content (AvgIpc) is 3.27. The summed E-state index contributed by atoms with van der Waals surface area (Å²) in [5.41, 5.74) is 8.84. The van der Waals surface area contributed by atoms with Gasteiger partial charge in [0.25, 0.3) is 11.6 Å². The second kappa shape index (κ2) is 6.70. The number of pyridine rings is 1. The first kappa shape index (κ1) is 17.0. The summed E-state index contributed by atoms with van der Waals surface area (Å²) in [6.45, 7) is 2.98. The third-order valence-electron chi connectivity index (χ3n) is 4.88. The predicted molar refractivity (Wildman–Crippen MR) is 100 cm³/mol. The lowest BCUT2D eigenvalue weighted by Gasteiger charge is -2.24. The molecule has 26 heavy (non-hydrogen) atoms. The van der Waals surface area contributed by atoms with E-state index in [1.807, 2.05) is 30.0 Å². The third-order valence-corrected chi connectivity index (χ3v) is 5.11. The zero-order chi connectivity index (χ0) is 18.3. The molecule has 2 aromatic heterocycles. The van der Waals surface area contributed by atoms with Crippen LogP contribution in [-0.4, -0.2) is 40.1 Å². The molecular weight excluding hydrogens is 352 g/mol. The molecule has 4 rings (SSSR count). The van der Waals surface area contributed by atoms with Crippen molar-refractivity contribution < 1.29 is 9.32 Å². The number of nitrogens with two attached hydrogens (primary N) is 1. The zero-order valence-electron chi connectivity index (χ0n) is 14.4. The molecule has 0 aliphatic carbocycles. The first-order valence-electron chi connectivity index (χ1n) is 8.62. The van der Waals surface area contributed by atoms with E-state index in [-0.39, 0.29) is 11.9 Å². The van der Waals surface area contributed by atoms with Gasteiger partial charge < -0.3 is 15.2 Å². The van der Waals surface area contributed by atoms with Gasteiger partial charge in [0, 0.05) is 29.7 Å². The summed E-state index contributed by atoms with van der Waals surface area (Å²) in [5, 5.41) is 5.26. The molecule has 134 valence electrons. The van der Waals surface area contributed by atoms with Crippen molar-refractivity contribution in [3.63, 3.8) is 0 Å². The van der Waals surface area contributed by atoms with Gasteiger partial charge in [-0.1, -0.05) is 28.9 Å². The fraction of sp³-hybridized carbons (Fsp3) is 0.316. The van der Waals surface area contributed by atoms with Crippen LogP contribution in [0.1, 0.15) is 28.9 Å². The number of rotatable bonds is 3. The molecule has 3 heterocycles. The Morgan fingerprint density at radius 3 is 3.04 bits per heavy atom. The van der Waals surface area contributed by atoms with E-state index in [9.17, 15) is 4.79 Å². The van der Waals surface area contributed by atoms with Crippen LogP contribution in [0.5, 0.6) is 0 Å². The highest BCUT2D eigenvalue weighted by atomic mass is 35.5. The fourth-order valence-corrected chi connectivity index (χ4v) is 3.75. The van der Waals surface area contributed by atoms with Crippen LogP contribution in [0.2, 0.25) is 5.02 Å². The molecule has 2 N–H and O–H groups in total. The number of hydrogen-bond donors (Lipinski definition) is 1. The van der Waals surface area contributed by atoms with Crippen molar-refractivity contribution in [2.24, 2.45) is 5.73 Å². The number of halogens is 1. The summed E-state index contributed by atoms with van der Waals surface area (Å²) < 4.78 is 5.36. The van der Waals surface area contributed by atoms with Gasteiger partial charge in [-0.25, -0.2) is 4.98 Å². The molecule has 0 spiro atoms. The Morgan fingerprint density at radius 1 is 1.42 bits per heavy atom. The lowest BCUT2D eigenvalue weighted by atomic mass is 10.0. The van der Waals surface area contributed by atoms with Crippen molar-refractivity contribution in [2.45, 2.75) is 25.8 Å². The number of likely N-dealkylation sites (tertiary alicyclic amines) is 1. The van der Waals surface area contributed by atoms with Crippen molar-refractivity contribution in [3.05, 3.63) is 46.6 Å². The van der Waals surface area contributed by atoms with Crippen LogP contribution < -0.4 is 5.73 Å². The number of nitrogens with zero attached hydrogens (tertiary/aromatic N) is 3. The maximum absolute atomic E-state index is 13.3. The van der Waals surface area contributed by atoms with E-state index in [1.54, 1.807) is 12.1 Å². The maximum atomic E-state index is 13.3. The molecule has 1 aliphatic heterocycles. The molecule has 6 nitrogen and oxygen atoms in total. The van der Waals surface area contributed by atoms with E-state index in [1.165, 1.54) is 0 Å². The largest absolute Gasteiger partial charge is 0.335 e. The lowest BCUT2D eigenvalue weighted by Crippen LogP contribution is -2.40. The Balaban J connectivity index is 1.87. The number of hydrogen-bond acceptors (Lipinski definition) is 5. The highest BCUT2D eigenvalue weighted by molar-refractivity contribution is 6.30. The predicted octanol–water partition coefficient (Wildman–Crippen LogP) is 3.41. The Bertz CT molecular complexity index is 985. The molecule has 0 unspecified atom stereocenters. The fourth-order valence-electron chi connectivity index (χ4n) is 3.56. The minimum Gasteiger partial charge on any atom is -0.335 e. The molecule has 1 aliphatic rings. The molecule has 1 amide bonds. The van der Waals surface area contributed by atoms with Crippen LogP contribution in [0.25, 0.3) is 22.4 Å². The van der Waals surface area contributed by atoms with Crippen molar-refractivity contribution in [1.29, 1.82) is 0 Å². The van der Waals surface area contributed by atoms with E-state index >= 15 is 0 Å². The van der Waals surface area contributed by atoms with Crippen LogP contribution in [0.15, 0.2) is 34.9 Å². The van der Waals surface area contributed by atoms with Gasteiger partial charge in [0.15, 0.2) is 0 Å². The average molecular weight is 371 g/mol. The second-order valence-electron chi connectivity index (χ2n) is 6.54. The van der Waals surface area contributed by atoms with Crippen LogP contribution in [0, 0.1) is 6.92 Å². The first-order chi connectivity index (χ1) is 12.6. The molecule has 1 fully saturated rings. The maximum Gasteiger partial charge on any atom is 0.259 e. The van der Waals surface area contributed by atoms with Gasteiger partial charge in [-0.3, -0.25) is 4.79 Å². The molecule has 0 radical (unpaired) electrons. The highest BCUT2D eigenvalue weighted by Gasteiger charge is 2.31. The quantitative estimate of drug-likeness (QED) is 0.763. The number of aryl methyl sites for hydroxylation is 1. The summed E-state index contributed by atoms with van der Waals surface area (Å²) in [6.07, 6.45) is 1.89. The van der Waals surface area contributed by atoms with Crippen molar-refractivity contribution in [1.82, 2.24) is 15.0 Å². The van der Waals surface area contributed by atoms with Gasteiger partial charge >= 0.3 is 0 Å². The van der Waals surface area contributed by atoms with E-state index in [0.29, 0.717) is 46.2 Å². The molecule has 0 bridgehead atoms. The summed E-state index contributed by atoms with van der Waals surface area (Å²) in [4.78, 5) is 19.7. The summed E-state index contributed by atoms with van der Waals surface area (Å²) in [7, 11) is 0. The number of carbonyl (C=O) groups excluding carboxylic acids is 1. The van der Waals surface area contributed by atoms with E-state index in [2.05, 4.69) is 10.1 Å². The van der Waals surface area contributed by atoms with E-state index in [4.69, 9.17) is 21.9 Å². The van der Waals surface area contributed by atoms with Crippen LogP contribution in [0.4, 0.5) is 0 Å². The number of fused-ring (bicyclic) bond motifs is 1. The van der Waals surface area contributed by atoms with Gasteiger partial charge in [-0.05, 0) is 38.0 Å². The Labute approximate surface area is 155 Å². The molecular formula is C19H19ClN4O2. The van der Waals surface area contributed by atoms with Crippen LogP contribution in [0.3, 0.4) is 0 Å². The van der Waals surface area contributed by atoms with Crippen molar-refractivity contribution in [2.75, 3.05) is 13.1 Å². The number of amides is 1. The topological polar surface area (TPSA) is 85.2 Å². The van der Waals surface area contributed by atoms with Crippen LogP contribution >= 0.6 is 11.6 Å². The van der Waals surface area contributed by atoms with Gasteiger partial charge in [0.1, 0.15) is 0 Å². The summed E-state index contributed by atoms with van der Waals surface area (Å²) >= 11 is 6.11. The molecule has 1 saturated heterocycles. The molecule has 1 atom stereocenters. The van der Waals surface area contributed by atoms with Crippen molar-refractivity contribution in [3.8, 4) is 11.3 Å². The number of benzene rings is 1. The highest BCUT2D eigenvalue weighted by Crippen LogP contribution is 2.30. The van der Waals surface area contributed by atoms with Gasteiger partial charge in [-0.2, -0.15) is 0 Å². The zero-order valence-corrected chi connectivity index (χ0v) is 15.2. The lowest BCUT2D eigenvalue weighted by molar-refractivity contribution is 0.0743. The normalized spacial score (nSPS) is 17.2. The van der Waals surface area contributed by atoms with Crippen molar-refractivity contribution >= 4 is 28.6 Å². The van der Waals surface area contributed by atoms with Gasteiger partial charge in [0.2, 0.25) is 0 Å². The smallest absolute Gasteiger partial charge is 0.259 e. The van der Waals surface area contributed by atoms with E-state index < -0.39 is 0 Å². The molecule has 7 heteroatoms. The minimum atomic E-state index is -0.0556. The molecule has 0 saturated carbocycles. The van der Waals surface area contributed by atoms with Crippen LogP contribution in [-0.2, 0) is 0 Å². The number of aromatic nitrogens is 2. The monoisotopic (exact) mass is 370 g/mol. The Morgan fingerprint density at radius 2 is 2.27 bits per heavy atom. The molecule has 1 aromatic carbocycles. The Hall–Kier alpha value is -2.44. The van der Waals surface area contributed by atoms with E-state index in [0.717, 1.165) is 18.4 Å². The third kappa shape index (κ3) is 2.85. The summed E-state index contributed by atoms with van der Waals surface area (Å²) in [6, 6.07) is 9.22.